The summed E-state index contributed by atoms with van der Waals surface area (Å²) in [5.41, 5.74) is 0. The molecule has 0 aromatic carbocycles. The van der Waals surface area contributed by atoms with E-state index < -0.39 is 11.9 Å². The van der Waals surface area contributed by atoms with Crippen LogP contribution in [0.3, 0.4) is 0 Å². The zero-order chi connectivity index (χ0) is 15.5. The second-order valence-corrected chi connectivity index (χ2v) is 5.98. The van der Waals surface area contributed by atoms with Gasteiger partial charge in [-0.05, 0) is 19.3 Å². The van der Waals surface area contributed by atoms with Crippen LogP contribution in [-0.2, 0) is 9.59 Å². The minimum atomic E-state index is -2.62. The lowest BCUT2D eigenvalue weighted by atomic mass is 9.86. The number of carbonyl (C=O) groups is 2. The van der Waals surface area contributed by atoms with E-state index in [9.17, 15) is 18.4 Å². The summed E-state index contributed by atoms with van der Waals surface area (Å²) < 4.78 is 26.3. The van der Waals surface area contributed by atoms with Crippen LogP contribution in [0.2, 0.25) is 0 Å². The molecular weight excluding hydrogens is 282 g/mol. The number of aliphatic carboxylic acids is 1. The molecule has 2 aliphatic rings. The third-order valence-electron chi connectivity index (χ3n) is 4.33. The van der Waals surface area contributed by atoms with Crippen molar-refractivity contribution in [2.24, 2.45) is 5.92 Å². The summed E-state index contributed by atoms with van der Waals surface area (Å²) >= 11 is 0. The van der Waals surface area contributed by atoms with E-state index >= 15 is 0 Å². The topological polar surface area (TPSA) is 60.9 Å². The first kappa shape index (κ1) is 16.1. The zero-order valence-electron chi connectivity index (χ0n) is 12.1. The van der Waals surface area contributed by atoms with Gasteiger partial charge in [-0.15, -0.1) is 0 Å². The summed E-state index contributed by atoms with van der Waals surface area (Å²) in [7, 11) is 0. The van der Waals surface area contributed by atoms with Crippen molar-refractivity contribution in [2.45, 2.75) is 38.0 Å². The average Bonchev–Trinajstić information content (AvgIpc) is 2.63. The molecule has 1 amide bonds. The molecule has 21 heavy (non-hydrogen) atoms. The predicted molar refractivity (Wildman–Crippen MR) is 72.2 cm³/mol. The lowest BCUT2D eigenvalue weighted by Gasteiger charge is -2.31. The summed E-state index contributed by atoms with van der Waals surface area (Å²) in [6.45, 7) is 2.23. The molecule has 1 saturated heterocycles. The maximum absolute atomic E-state index is 13.1. The molecule has 0 aromatic heterocycles. The number of nitrogens with zero attached hydrogens (tertiary/aromatic N) is 2. The smallest absolute Gasteiger partial charge is 0.317 e. The number of amides is 1. The number of hydrogen-bond donors (Lipinski definition) is 1. The van der Waals surface area contributed by atoms with Crippen LogP contribution in [0.1, 0.15) is 32.1 Å². The van der Waals surface area contributed by atoms with Crippen molar-refractivity contribution in [3.8, 4) is 0 Å². The highest BCUT2D eigenvalue weighted by atomic mass is 19.3. The molecule has 1 saturated carbocycles. The Bertz CT molecular complexity index is 394. The van der Waals surface area contributed by atoms with Gasteiger partial charge in [0.1, 0.15) is 0 Å². The van der Waals surface area contributed by atoms with Gasteiger partial charge < -0.3 is 10.0 Å². The largest absolute Gasteiger partial charge is 0.480 e. The summed E-state index contributed by atoms with van der Waals surface area (Å²) in [4.78, 5) is 26.6. The number of carboxylic acid groups (broad SMARTS) is 1. The molecule has 2 rings (SSSR count). The molecule has 0 atom stereocenters. The SMILES string of the molecule is O=C(O)CN1CCCN(C(=O)C2CCC(F)(F)CC2)CC1. The lowest BCUT2D eigenvalue weighted by molar-refractivity contribution is -0.139. The number of halogens is 2. The Morgan fingerprint density at radius 1 is 1.10 bits per heavy atom. The van der Waals surface area contributed by atoms with Crippen LogP contribution in [0.5, 0.6) is 0 Å². The number of carboxylic acids is 1. The number of rotatable bonds is 3. The molecule has 5 nitrogen and oxygen atoms in total. The van der Waals surface area contributed by atoms with Crippen molar-refractivity contribution in [1.82, 2.24) is 9.80 Å². The fourth-order valence-electron chi connectivity index (χ4n) is 3.09. The van der Waals surface area contributed by atoms with E-state index in [0.717, 1.165) is 6.42 Å². The second-order valence-electron chi connectivity index (χ2n) is 5.98. The van der Waals surface area contributed by atoms with Gasteiger partial charge in [0, 0.05) is 44.9 Å². The Hall–Kier alpha value is -1.24. The summed E-state index contributed by atoms with van der Waals surface area (Å²) in [5, 5.41) is 8.79. The highest BCUT2D eigenvalue weighted by molar-refractivity contribution is 5.79. The zero-order valence-corrected chi connectivity index (χ0v) is 12.1. The third-order valence-corrected chi connectivity index (χ3v) is 4.33. The molecule has 0 radical (unpaired) electrons. The second kappa shape index (κ2) is 6.68. The first-order chi connectivity index (χ1) is 9.87. The highest BCUT2D eigenvalue weighted by Crippen LogP contribution is 2.36. The molecule has 0 bridgehead atoms. The molecule has 0 spiro atoms. The van der Waals surface area contributed by atoms with Gasteiger partial charge in [-0.25, -0.2) is 8.78 Å². The maximum Gasteiger partial charge on any atom is 0.317 e. The Morgan fingerprint density at radius 2 is 1.76 bits per heavy atom. The summed E-state index contributed by atoms with van der Waals surface area (Å²) in [6, 6.07) is 0. The van der Waals surface area contributed by atoms with Gasteiger partial charge in [-0.3, -0.25) is 14.5 Å². The van der Waals surface area contributed by atoms with Gasteiger partial charge in [0.15, 0.2) is 0 Å². The van der Waals surface area contributed by atoms with E-state index in [1.54, 1.807) is 4.90 Å². The van der Waals surface area contributed by atoms with E-state index in [0.29, 0.717) is 26.2 Å². The van der Waals surface area contributed by atoms with Crippen molar-refractivity contribution < 1.29 is 23.5 Å². The monoisotopic (exact) mass is 304 g/mol. The van der Waals surface area contributed by atoms with E-state index in [1.165, 1.54) is 0 Å². The van der Waals surface area contributed by atoms with Crippen molar-refractivity contribution >= 4 is 11.9 Å². The Labute approximate surface area is 122 Å². The predicted octanol–water partition coefficient (Wildman–Crippen LogP) is 1.43. The van der Waals surface area contributed by atoms with Gasteiger partial charge in [-0.1, -0.05) is 0 Å². The van der Waals surface area contributed by atoms with Crippen molar-refractivity contribution in [3.05, 3.63) is 0 Å². The van der Waals surface area contributed by atoms with E-state index in [4.69, 9.17) is 5.11 Å². The fourth-order valence-corrected chi connectivity index (χ4v) is 3.09. The molecule has 0 unspecified atom stereocenters. The molecule has 7 heteroatoms. The van der Waals surface area contributed by atoms with Crippen LogP contribution in [0.4, 0.5) is 8.78 Å². The Kier molecular flexibility index (Phi) is 5.13. The molecule has 120 valence electrons. The fraction of sp³-hybridized carbons (Fsp3) is 0.857. The Morgan fingerprint density at radius 3 is 2.38 bits per heavy atom. The van der Waals surface area contributed by atoms with E-state index in [-0.39, 0.29) is 44.1 Å². The normalized spacial score (nSPS) is 24.6. The first-order valence-corrected chi connectivity index (χ1v) is 7.48. The van der Waals surface area contributed by atoms with Crippen molar-refractivity contribution in [2.75, 3.05) is 32.7 Å². The van der Waals surface area contributed by atoms with Crippen LogP contribution in [0, 0.1) is 5.92 Å². The number of carbonyl (C=O) groups excluding carboxylic acids is 1. The van der Waals surface area contributed by atoms with Crippen LogP contribution >= 0.6 is 0 Å². The minimum absolute atomic E-state index is 0.0162. The average molecular weight is 304 g/mol. The van der Waals surface area contributed by atoms with Gasteiger partial charge in [0.25, 0.3) is 0 Å². The van der Waals surface area contributed by atoms with Gasteiger partial charge in [-0.2, -0.15) is 0 Å². The molecule has 1 aliphatic heterocycles. The molecule has 1 N–H and O–H groups in total. The van der Waals surface area contributed by atoms with Crippen molar-refractivity contribution in [1.29, 1.82) is 0 Å². The highest BCUT2D eigenvalue weighted by Gasteiger charge is 2.38. The van der Waals surface area contributed by atoms with Gasteiger partial charge in [0.05, 0.1) is 6.54 Å². The van der Waals surface area contributed by atoms with Crippen LogP contribution < -0.4 is 0 Å². The molecule has 0 aromatic rings. The van der Waals surface area contributed by atoms with E-state index in [2.05, 4.69) is 0 Å². The molecule has 1 aliphatic carbocycles. The molecular formula is C14H22F2N2O3. The Balaban J connectivity index is 1.84. The number of hydrogen-bond acceptors (Lipinski definition) is 3. The third kappa shape index (κ3) is 4.62. The first-order valence-electron chi connectivity index (χ1n) is 7.48. The van der Waals surface area contributed by atoms with Crippen molar-refractivity contribution in [3.63, 3.8) is 0 Å². The summed E-state index contributed by atoms with van der Waals surface area (Å²) in [5.74, 6) is -3.82. The lowest BCUT2D eigenvalue weighted by Crippen LogP contribution is -2.41. The van der Waals surface area contributed by atoms with E-state index in [1.807, 2.05) is 4.90 Å². The summed E-state index contributed by atoms with van der Waals surface area (Å²) in [6.07, 6.45) is 0.815. The van der Waals surface area contributed by atoms with Crippen LogP contribution in [0.25, 0.3) is 0 Å². The van der Waals surface area contributed by atoms with Gasteiger partial charge >= 0.3 is 5.97 Å². The van der Waals surface area contributed by atoms with Gasteiger partial charge in [0.2, 0.25) is 11.8 Å². The van der Waals surface area contributed by atoms with Crippen LogP contribution in [0.15, 0.2) is 0 Å². The minimum Gasteiger partial charge on any atom is -0.480 e. The maximum atomic E-state index is 13.1. The van der Waals surface area contributed by atoms with Crippen LogP contribution in [-0.4, -0.2) is 65.4 Å². The standard InChI is InChI=1S/C14H22F2N2O3/c15-14(16)4-2-11(3-5-14)13(21)18-7-1-6-17(8-9-18)10-12(19)20/h11H,1-10H2,(H,19,20). The molecule has 1 heterocycles. The quantitative estimate of drug-likeness (QED) is 0.857. The molecule has 2 fully saturated rings. The number of alkyl halides is 2.